The Kier molecular flexibility index (Phi) is 5.09. The maximum Gasteiger partial charge on any atom is 0.238 e. The molecule has 4 nitrogen and oxygen atoms in total. The number of aromatic nitrogens is 1. The predicted octanol–water partition coefficient (Wildman–Crippen LogP) is 3.02. The molecule has 0 aliphatic carbocycles. The number of nitrogens with one attached hydrogen (secondary N) is 2. The van der Waals surface area contributed by atoms with Gasteiger partial charge in [0.2, 0.25) is 5.91 Å². The molecule has 104 valence electrons. The zero-order valence-electron chi connectivity index (χ0n) is 11.1. The fraction of sp³-hybridized carbons (Fsp3) is 0.200. The van der Waals surface area contributed by atoms with Crippen LogP contribution in [0.2, 0.25) is 5.02 Å². The van der Waals surface area contributed by atoms with E-state index < -0.39 is 0 Å². The van der Waals surface area contributed by atoms with Crippen molar-refractivity contribution in [1.82, 2.24) is 10.3 Å². The van der Waals surface area contributed by atoms with Crippen molar-refractivity contribution in [2.45, 2.75) is 13.0 Å². The lowest BCUT2D eigenvalue weighted by molar-refractivity contribution is -0.115. The summed E-state index contributed by atoms with van der Waals surface area (Å²) in [4.78, 5) is 15.7. The Hall–Kier alpha value is -1.91. The Bertz CT molecular complexity index is 574. The molecular weight excluding hydrogens is 274 g/mol. The first kappa shape index (κ1) is 14.5. The Balaban J connectivity index is 1.84. The molecule has 1 atom stereocenters. The summed E-state index contributed by atoms with van der Waals surface area (Å²) >= 11 is 5.95. The largest absolute Gasteiger partial charge is 0.325 e. The van der Waals surface area contributed by atoms with Gasteiger partial charge in [-0.1, -0.05) is 23.7 Å². The second-order valence-corrected chi connectivity index (χ2v) is 4.88. The van der Waals surface area contributed by atoms with Crippen molar-refractivity contribution >= 4 is 23.2 Å². The third kappa shape index (κ3) is 4.33. The van der Waals surface area contributed by atoms with Crippen LogP contribution in [0.1, 0.15) is 18.5 Å². The molecular formula is C15H16ClN3O. The van der Waals surface area contributed by atoms with Gasteiger partial charge >= 0.3 is 0 Å². The second-order valence-electron chi connectivity index (χ2n) is 4.44. The lowest BCUT2D eigenvalue weighted by Crippen LogP contribution is -2.30. The van der Waals surface area contributed by atoms with Crippen molar-refractivity contribution in [3.05, 3.63) is 59.4 Å². The van der Waals surface area contributed by atoms with E-state index in [0.717, 1.165) is 11.3 Å². The molecule has 1 aromatic heterocycles. The highest BCUT2D eigenvalue weighted by Crippen LogP contribution is 2.17. The molecule has 1 amide bonds. The molecule has 2 aromatic rings. The minimum atomic E-state index is -0.0925. The predicted molar refractivity (Wildman–Crippen MR) is 80.7 cm³/mol. The van der Waals surface area contributed by atoms with Gasteiger partial charge in [-0.05, 0) is 36.8 Å². The monoisotopic (exact) mass is 289 g/mol. The SMILES string of the molecule is CC(NCC(=O)Nc1ccncc1)c1cccc(Cl)c1. The summed E-state index contributed by atoms with van der Waals surface area (Å²) < 4.78 is 0. The number of carbonyl (C=O) groups excluding carboxylic acids is 1. The molecule has 1 aromatic carbocycles. The van der Waals surface area contributed by atoms with Crippen molar-refractivity contribution in [3.8, 4) is 0 Å². The van der Waals surface area contributed by atoms with E-state index in [-0.39, 0.29) is 18.5 Å². The standard InChI is InChI=1S/C15H16ClN3O/c1-11(12-3-2-4-13(16)9-12)18-10-15(20)19-14-5-7-17-8-6-14/h2-9,11,18H,10H2,1H3,(H,17,19,20). The first-order chi connectivity index (χ1) is 9.65. The number of anilines is 1. The highest BCUT2D eigenvalue weighted by atomic mass is 35.5. The molecule has 0 saturated heterocycles. The van der Waals surface area contributed by atoms with Gasteiger partial charge in [0.05, 0.1) is 6.54 Å². The highest BCUT2D eigenvalue weighted by Gasteiger charge is 2.08. The summed E-state index contributed by atoms with van der Waals surface area (Å²) in [6.07, 6.45) is 3.27. The smallest absolute Gasteiger partial charge is 0.238 e. The third-order valence-corrected chi connectivity index (χ3v) is 3.12. The Morgan fingerprint density at radius 1 is 1.30 bits per heavy atom. The Morgan fingerprint density at radius 2 is 2.05 bits per heavy atom. The first-order valence-electron chi connectivity index (χ1n) is 6.34. The van der Waals surface area contributed by atoms with E-state index in [1.54, 1.807) is 24.5 Å². The third-order valence-electron chi connectivity index (χ3n) is 2.88. The van der Waals surface area contributed by atoms with Crippen molar-refractivity contribution in [3.63, 3.8) is 0 Å². The number of amides is 1. The number of pyridine rings is 1. The molecule has 2 N–H and O–H groups in total. The maximum atomic E-state index is 11.8. The van der Waals surface area contributed by atoms with Crippen molar-refractivity contribution in [1.29, 1.82) is 0 Å². The molecule has 20 heavy (non-hydrogen) atoms. The maximum absolute atomic E-state index is 11.8. The van der Waals surface area contributed by atoms with Crippen LogP contribution in [0.5, 0.6) is 0 Å². The van der Waals surface area contributed by atoms with Gasteiger partial charge in [-0.3, -0.25) is 9.78 Å². The van der Waals surface area contributed by atoms with E-state index >= 15 is 0 Å². The van der Waals surface area contributed by atoms with Gasteiger partial charge in [-0.25, -0.2) is 0 Å². The lowest BCUT2D eigenvalue weighted by atomic mass is 10.1. The molecule has 1 unspecified atom stereocenters. The van der Waals surface area contributed by atoms with Crippen LogP contribution < -0.4 is 10.6 Å². The van der Waals surface area contributed by atoms with E-state index in [1.807, 2.05) is 31.2 Å². The van der Waals surface area contributed by atoms with Crippen molar-refractivity contribution in [2.75, 3.05) is 11.9 Å². The normalized spacial score (nSPS) is 11.9. The molecule has 5 heteroatoms. The van der Waals surface area contributed by atoms with Gasteiger partial charge in [0, 0.05) is 29.1 Å². The van der Waals surface area contributed by atoms with E-state index in [2.05, 4.69) is 15.6 Å². The van der Waals surface area contributed by atoms with Gasteiger partial charge in [-0.15, -0.1) is 0 Å². The van der Waals surface area contributed by atoms with Crippen LogP contribution in [0, 0.1) is 0 Å². The topological polar surface area (TPSA) is 54.0 Å². The molecule has 0 bridgehead atoms. The summed E-state index contributed by atoms with van der Waals surface area (Å²) in [5, 5.41) is 6.64. The number of carbonyl (C=O) groups is 1. The quantitative estimate of drug-likeness (QED) is 0.889. The summed E-state index contributed by atoms with van der Waals surface area (Å²) in [6, 6.07) is 11.1. The zero-order chi connectivity index (χ0) is 14.4. The fourth-order valence-corrected chi connectivity index (χ4v) is 1.98. The summed E-state index contributed by atoms with van der Waals surface area (Å²) in [7, 11) is 0. The number of hydrogen-bond donors (Lipinski definition) is 2. The van der Waals surface area contributed by atoms with Gasteiger partial charge in [-0.2, -0.15) is 0 Å². The number of halogens is 1. The highest BCUT2D eigenvalue weighted by molar-refractivity contribution is 6.30. The van der Waals surface area contributed by atoms with Crippen molar-refractivity contribution in [2.24, 2.45) is 0 Å². The second kappa shape index (κ2) is 7.03. The van der Waals surface area contributed by atoms with Crippen LogP contribution in [0.25, 0.3) is 0 Å². The molecule has 0 spiro atoms. The average molecular weight is 290 g/mol. The number of hydrogen-bond acceptors (Lipinski definition) is 3. The molecule has 2 rings (SSSR count). The fourth-order valence-electron chi connectivity index (χ4n) is 1.78. The van der Waals surface area contributed by atoms with Crippen molar-refractivity contribution < 1.29 is 4.79 Å². The van der Waals surface area contributed by atoms with Crippen LogP contribution >= 0.6 is 11.6 Å². The molecule has 0 saturated carbocycles. The lowest BCUT2D eigenvalue weighted by Gasteiger charge is -2.14. The molecule has 0 aliphatic rings. The van der Waals surface area contributed by atoms with E-state index in [1.165, 1.54) is 0 Å². The van der Waals surface area contributed by atoms with Crippen LogP contribution in [0.4, 0.5) is 5.69 Å². The summed E-state index contributed by atoms with van der Waals surface area (Å²) in [6.45, 7) is 2.22. The van der Waals surface area contributed by atoms with E-state index in [4.69, 9.17) is 11.6 Å². The molecule has 0 radical (unpaired) electrons. The van der Waals surface area contributed by atoms with Crippen LogP contribution in [0.15, 0.2) is 48.8 Å². The zero-order valence-corrected chi connectivity index (χ0v) is 11.9. The van der Waals surface area contributed by atoms with Gasteiger partial charge < -0.3 is 10.6 Å². The van der Waals surface area contributed by atoms with Crippen LogP contribution in [-0.4, -0.2) is 17.4 Å². The number of nitrogens with zero attached hydrogens (tertiary/aromatic N) is 1. The summed E-state index contributed by atoms with van der Waals surface area (Å²) in [5.41, 5.74) is 1.79. The van der Waals surface area contributed by atoms with Gasteiger partial charge in [0.25, 0.3) is 0 Å². The summed E-state index contributed by atoms with van der Waals surface area (Å²) in [5.74, 6) is -0.0925. The number of rotatable bonds is 5. The van der Waals surface area contributed by atoms with E-state index in [9.17, 15) is 4.79 Å². The minimum Gasteiger partial charge on any atom is -0.325 e. The van der Waals surface area contributed by atoms with Gasteiger partial charge in [0.15, 0.2) is 0 Å². The first-order valence-corrected chi connectivity index (χ1v) is 6.71. The van der Waals surface area contributed by atoms with Crippen LogP contribution in [0.3, 0.4) is 0 Å². The van der Waals surface area contributed by atoms with Gasteiger partial charge in [0.1, 0.15) is 0 Å². The Morgan fingerprint density at radius 3 is 2.75 bits per heavy atom. The van der Waals surface area contributed by atoms with Crippen LogP contribution in [-0.2, 0) is 4.79 Å². The minimum absolute atomic E-state index is 0.0527. The average Bonchev–Trinajstić information content (AvgIpc) is 2.46. The number of benzene rings is 1. The molecule has 0 fully saturated rings. The molecule has 1 heterocycles. The molecule has 0 aliphatic heterocycles. The van der Waals surface area contributed by atoms with E-state index in [0.29, 0.717) is 5.02 Å². The Labute approximate surface area is 123 Å².